The lowest BCUT2D eigenvalue weighted by Crippen LogP contribution is -2.23. The summed E-state index contributed by atoms with van der Waals surface area (Å²) in [5, 5.41) is 9.67. The third kappa shape index (κ3) is 5.97. The molecule has 0 heterocycles. The van der Waals surface area contributed by atoms with Crippen LogP contribution in [0.4, 0.5) is 13.2 Å². The average molecular weight is 356 g/mol. The first-order valence-corrected chi connectivity index (χ1v) is 7.28. The van der Waals surface area contributed by atoms with Gasteiger partial charge < -0.3 is 14.6 Å². The van der Waals surface area contributed by atoms with Crippen LogP contribution in [-0.4, -0.2) is 38.1 Å². The molecule has 0 fully saturated rings. The van der Waals surface area contributed by atoms with E-state index in [2.05, 4.69) is 0 Å². The van der Waals surface area contributed by atoms with E-state index in [4.69, 9.17) is 9.47 Å². The lowest BCUT2D eigenvalue weighted by molar-refractivity contribution is -0.166. The van der Waals surface area contributed by atoms with Crippen LogP contribution in [0.5, 0.6) is 0 Å². The highest BCUT2D eigenvalue weighted by Gasteiger charge is 2.22. The van der Waals surface area contributed by atoms with Crippen molar-refractivity contribution in [2.24, 2.45) is 0 Å². The number of aliphatic hydroxyl groups is 1. The van der Waals surface area contributed by atoms with Crippen LogP contribution < -0.4 is 0 Å². The SMILES string of the molecule is COC(OC)C(O)c1ccccc1F.O=C(CF)c1ccccc1F. The van der Waals surface area contributed by atoms with Crippen molar-refractivity contribution in [1.29, 1.82) is 0 Å². The first kappa shape index (κ1) is 20.8. The molecule has 1 N–H and O–H groups in total. The second-order valence-corrected chi connectivity index (χ2v) is 4.84. The van der Waals surface area contributed by atoms with Gasteiger partial charge >= 0.3 is 0 Å². The van der Waals surface area contributed by atoms with Gasteiger partial charge in [-0.05, 0) is 18.2 Å². The summed E-state index contributed by atoms with van der Waals surface area (Å²) in [7, 11) is 2.77. The van der Waals surface area contributed by atoms with Gasteiger partial charge in [0.1, 0.15) is 17.7 Å². The lowest BCUT2D eigenvalue weighted by Gasteiger charge is -2.20. The van der Waals surface area contributed by atoms with Crippen molar-refractivity contribution in [1.82, 2.24) is 0 Å². The highest BCUT2D eigenvalue weighted by Crippen LogP contribution is 2.21. The Morgan fingerprint density at radius 1 is 1.00 bits per heavy atom. The van der Waals surface area contributed by atoms with E-state index in [9.17, 15) is 23.1 Å². The Bertz CT molecular complexity index is 675. The smallest absolute Gasteiger partial charge is 0.196 e. The zero-order chi connectivity index (χ0) is 18.8. The molecule has 0 amide bonds. The predicted octanol–water partition coefficient (Wildman–Crippen LogP) is 3.46. The number of hydrogen-bond donors (Lipinski definition) is 1. The minimum absolute atomic E-state index is 0.168. The Morgan fingerprint density at radius 2 is 1.52 bits per heavy atom. The number of carbonyl (C=O) groups is 1. The summed E-state index contributed by atoms with van der Waals surface area (Å²) in [5.41, 5.74) is -0.0174. The fraction of sp³-hybridized carbons (Fsp3) is 0.278. The maximum atomic E-state index is 13.2. The number of Topliss-reactive ketones (excluding diaryl/α,β-unsaturated/α-hetero) is 1. The summed E-state index contributed by atoms with van der Waals surface area (Å²) in [6, 6.07) is 11.3. The molecule has 0 aromatic heterocycles. The predicted molar refractivity (Wildman–Crippen MR) is 85.9 cm³/mol. The third-order valence-corrected chi connectivity index (χ3v) is 3.24. The molecule has 0 saturated carbocycles. The van der Waals surface area contributed by atoms with Crippen LogP contribution >= 0.6 is 0 Å². The standard InChI is InChI=1S/C10H13FO3.C8H6F2O/c1-13-10(14-2)9(12)7-5-3-4-6-8(7)11;9-5-8(11)6-3-1-2-4-7(6)10/h3-6,9-10,12H,1-2H3;1-4H,5H2. The normalized spacial score (nSPS) is 11.6. The molecule has 2 aromatic rings. The molecule has 1 unspecified atom stereocenters. The Labute approximate surface area is 143 Å². The summed E-state index contributed by atoms with van der Waals surface area (Å²) in [6.07, 6.45) is -1.97. The summed E-state index contributed by atoms with van der Waals surface area (Å²) < 4.78 is 47.2. The quantitative estimate of drug-likeness (QED) is 0.636. The van der Waals surface area contributed by atoms with Crippen molar-refractivity contribution in [2.75, 3.05) is 20.9 Å². The molecule has 0 aliphatic carbocycles. The number of hydrogen-bond acceptors (Lipinski definition) is 4. The van der Waals surface area contributed by atoms with Gasteiger partial charge in [-0.25, -0.2) is 13.2 Å². The monoisotopic (exact) mass is 356 g/mol. The van der Waals surface area contributed by atoms with Gasteiger partial charge in [-0.3, -0.25) is 4.79 Å². The fourth-order valence-electron chi connectivity index (χ4n) is 1.97. The Balaban J connectivity index is 0.000000257. The van der Waals surface area contributed by atoms with Gasteiger partial charge in [-0.2, -0.15) is 0 Å². The topological polar surface area (TPSA) is 55.8 Å². The van der Waals surface area contributed by atoms with Crippen LogP contribution in [0.1, 0.15) is 22.0 Å². The Hall–Kier alpha value is -2.22. The molecule has 0 bridgehead atoms. The van der Waals surface area contributed by atoms with Crippen molar-refractivity contribution >= 4 is 5.78 Å². The summed E-state index contributed by atoms with van der Waals surface area (Å²) in [4.78, 5) is 10.6. The van der Waals surface area contributed by atoms with Gasteiger partial charge in [0.2, 0.25) is 0 Å². The lowest BCUT2D eigenvalue weighted by atomic mass is 10.1. The fourth-order valence-corrected chi connectivity index (χ4v) is 1.97. The minimum atomic E-state index is -1.15. The molecular formula is C18H19F3O4. The molecule has 0 aliphatic rings. The van der Waals surface area contributed by atoms with Gasteiger partial charge in [0, 0.05) is 19.8 Å². The van der Waals surface area contributed by atoms with E-state index in [-0.39, 0.29) is 11.1 Å². The largest absolute Gasteiger partial charge is 0.383 e. The Kier molecular flexibility index (Phi) is 8.83. The molecule has 1 atom stereocenters. The van der Waals surface area contributed by atoms with Crippen molar-refractivity contribution < 1.29 is 32.5 Å². The van der Waals surface area contributed by atoms with Crippen LogP contribution in [0.3, 0.4) is 0 Å². The maximum absolute atomic E-state index is 13.2. The summed E-state index contributed by atoms with van der Waals surface area (Å²) in [6.45, 7) is -1.15. The molecule has 136 valence electrons. The number of rotatable bonds is 6. The second-order valence-electron chi connectivity index (χ2n) is 4.84. The number of alkyl halides is 1. The van der Waals surface area contributed by atoms with E-state index in [1.54, 1.807) is 12.1 Å². The van der Waals surface area contributed by atoms with Gasteiger partial charge in [-0.1, -0.05) is 30.3 Å². The number of aliphatic hydroxyl groups excluding tert-OH is 1. The maximum Gasteiger partial charge on any atom is 0.196 e. The molecule has 4 nitrogen and oxygen atoms in total. The van der Waals surface area contributed by atoms with E-state index in [1.165, 1.54) is 44.6 Å². The number of ketones is 1. The zero-order valence-corrected chi connectivity index (χ0v) is 13.8. The minimum Gasteiger partial charge on any atom is -0.383 e. The van der Waals surface area contributed by atoms with Gasteiger partial charge in [0.15, 0.2) is 18.7 Å². The first-order valence-electron chi connectivity index (χ1n) is 7.28. The van der Waals surface area contributed by atoms with Crippen molar-refractivity contribution in [3.05, 3.63) is 71.3 Å². The molecule has 0 radical (unpaired) electrons. The van der Waals surface area contributed by atoms with E-state index < -0.39 is 36.5 Å². The van der Waals surface area contributed by atoms with E-state index in [0.717, 1.165) is 6.07 Å². The highest BCUT2D eigenvalue weighted by atomic mass is 19.1. The number of carbonyl (C=O) groups excluding carboxylic acids is 1. The molecule has 2 rings (SSSR count). The molecule has 2 aromatic carbocycles. The van der Waals surface area contributed by atoms with Crippen molar-refractivity contribution in [2.45, 2.75) is 12.4 Å². The van der Waals surface area contributed by atoms with Crippen LogP contribution in [0.15, 0.2) is 48.5 Å². The van der Waals surface area contributed by atoms with Crippen LogP contribution in [0.2, 0.25) is 0 Å². The number of benzene rings is 2. The zero-order valence-electron chi connectivity index (χ0n) is 13.8. The molecule has 25 heavy (non-hydrogen) atoms. The molecular weight excluding hydrogens is 337 g/mol. The van der Waals surface area contributed by atoms with E-state index in [1.807, 2.05) is 0 Å². The average Bonchev–Trinajstić information content (AvgIpc) is 2.63. The summed E-state index contributed by atoms with van der Waals surface area (Å²) in [5.74, 6) is -1.96. The number of ether oxygens (including phenoxy) is 2. The van der Waals surface area contributed by atoms with Crippen LogP contribution in [-0.2, 0) is 9.47 Å². The van der Waals surface area contributed by atoms with Gasteiger partial charge in [0.25, 0.3) is 0 Å². The number of methoxy groups -OCH3 is 2. The van der Waals surface area contributed by atoms with Crippen molar-refractivity contribution in [3.63, 3.8) is 0 Å². The van der Waals surface area contributed by atoms with Crippen LogP contribution in [0.25, 0.3) is 0 Å². The highest BCUT2D eigenvalue weighted by molar-refractivity contribution is 5.97. The van der Waals surface area contributed by atoms with Gasteiger partial charge in [-0.15, -0.1) is 0 Å². The number of halogens is 3. The first-order chi connectivity index (χ1) is 12.0. The van der Waals surface area contributed by atoms with E-state index in [0.29, 0.717) is 0 Å². The molecule has 0 saturated heterocycles. The van der Waals surface area contributed by atoms with Crippen molar-refractivity contribution in [3.8, 4) is 0 Å². The second kappa shape index (κ2) is 10.6. The Morgan fingerprint density at radius 3 is 2.00 bits per heavy atom. The van der Waals surface area contributed by atoms with Gasteiger partial charge in [0.05, 0.1) is 5.56 Å². The third-order valence-electron chi connectivity index (χ3n) is 3.24. The summed E-state index contributed by atoms with van der Waals surface area (Å²) >= 11 is 0. The van der Waals surface area contributed by atoms with E-state index >= 15 is 0 Å². The molecule has 7 heteroatoms. The van der Waals surface area contributed by atoms with Crippen LogP contribution in [0, 0.1) is 11.6 Å². The molecule has 0 spiro atoms. The molecule has 0 aliphatic heterocycles.